The molecule has 0 spiro atoms. The maximum atomic E-state index is 15.0. The molecule has 0 aromatic heterocycles. The third-order valence-electron chi connectivity index (χ3n) is 14.4. The average Bonchev–Trinajstić information content (AvgIpc) is 3.93. The van der Waals surface area contributed by atoms with Crippen molar-refractivity contribution in [1.29, 1.82) is 0 Å². The standard InChI is InChI=1S/C59H31F/c1-30-10-2-4-12-33(30)50-48-29-31-11-3-5-14-35(31)51-37-15-6-7-16-38(37)56(59(48)51)58-46-27-25-43-41-22-23-44-47-28-32(34-13-8-9-17-49(34)60)18-19-36(47)39-20-21-40(53(41)52(39)44)42-24-26-45(57(50)58)55(46)54(42)43/h2-29H,1H3. The Bertz CT molecular complexity index is 4220. The molecule has 1 aliphatic carbocycles. The number of hydrogen-bond donors (Lipinski definition) is 0. The molecule has 0 radical (unpaired) electrons. The maximum absolute atomic E-state index is 15.0. The van der Waals surface area contributed by atoms with E-state index in [1.165, 1.54) is 147 Å². The molecule has 0 amide bonds. The van der Waals surface area contributed by atoms with Crippen LogP contribution in [0.3, 0.4) is 0 Å². The van der Waals surface area contributed by atoms with E-state index in [0.29, 0.717) is 5.56 Å². The molecule has 0 saturated carbocycles. The molecule has 60 heavy (non-hydrogen) atoms. The van der Waals surface area contributed by atoms with Gasteiger partial charge < -0.3 is 0 Å². The highest BCUT2D eigenvalue weighted by Crippen LogP contribution is 2.58. The third-order valence-corrected chi connectivity index (χ3v) is 14.4. The van der Waals surface area contributed by atoms with Crippen molar-refractivity contribution in [1.82, 2.24) is 0 Å². The van der Waals surface area contributed by atoms with E-state index < -0.39 is 0 Å². The van der Waals surface area contributed by atoms with Gasteiger partial charge in [-0.3, -0.25) is 0 Å². The van der Waals surface area contributed by atoms with Crippen molar-refractivity contribution in [3.05, 3.63) is 181 Å². The lowest BCUT2D eigenvalue weighted by Gasteiger charge is -2.16. The monoisotopic (exact) mass is 758 g/mol. The Morgan fingerprint density at radius 2 is 0.767 bits per heavy atom. The van der Waals surface area contributed by atoms with Crippen molar-refractivity contribution in [3.8, 4) is 44.5 Å². The predicted molar refractivity (Wildman–Crippen MR) is 255 cm³/mol. The highest BCUT2D eigenvalue weighted by atomic mass is 19.1. The van der Waals surface area contributed by atoms with Gasteiger partial charge in [0, 0.05) is 5.56 Å². The quantitative estimate of drug-likeness (QED) is 0.122. The van der Waals surface area contributed by atoms with Gasteiger partial charge in [-0.2, -0.15) is 0 Å². The summed E-state index contributed by atoms with van der Waals surface area (Å²) >= 11 is 0. The minimum Gasteiger partial charge on any atom is -0.206 e. The highest BCUT2D eigenvalue weighted by molar-refractivity contribution is 6.52. The zero-order valence-corrected chi connectivity index (χ0v) is 32.5. The number of halogens is 1. The van der Waals surface area contributed by atoms with Gasteiger partial charge in [-0.15, -0.1) is 0 Å². The molecule has 0 nitrogen and oxygen atoms in total. The molecule has 14 aromatic carbocycles. The second-order valence-corrected chi connectivity index (χ2v) is 17.1. The smallest absolute Gasteiger partial charge is 0.131 e. The summed E-state index contributed by atoms with van der Waals surface area (Å²) in [7, 11) is 0. The van der Waals surface area contributed by atoms with Gasteiger partial charge in [-0.05, 0) is 177 Å². The predicted octanol–water partition coefficient (Wildman–Crippen LogP) is 17.0. The molecule has 0 saturated heterocycles. The molecule has 14 aromatic rings. The van der Waals surface area contributed by atoms with E-state index in [4.69, 9.17) is 0 Å². The molecule has 1 heteroatoms. The van der Waals surface area contributed by atoms with Crippen LogP contribution in [-0.4, -0.2) is 0 Å². The molecule has 274 valence electrons. The van der Waals surface area contributed by atoms with E-state index in [1.807, 2.05) is 12.1 Å². The number of aryl methyl sites for hydroxylation is 1. The zero-order chi connectivity index (χ0) is 39.1. The Morgan fingerprint density at radius 1 is 0.283 bits per heavy atom. The Labute approximate surface area is 343 Å². The van der Waals surface area contributed by atoms with Crippen LogP contribution in [0.1, 0.15) is 5.56 Å². The van der Waals surface area contributed by atoms with Gasteiger partial charge >= 0.3 is 0 Å². The molecule has 0 aliphatic heterocycles. The first kappa shape index (κ1) is 31.4. The third kappa shape index (κ3) is 3.58. The molecule has 0 N–H and O–H groups in total. The molecule has 0 heterocycles. The van der Waals surface area contributed by atoms with Crippen LogP contribution in [-0.2, 0) is 0 Å². The van der Waals surface area contributed by atoms with Crippen LogP contribution >= 0.6 is 0 Å². The van der Waals surface area contributed by atoms with E-state index in [1.54, 1.807) is 12.1 Å². The molecule has 0 atom stereocenters. The topological polar surface area (TPSA) is 0 Å². The van der Waals surface area contributed by atoms with Crippen molar-refractivity contribution in [2.75, 3.05) is 0 Å². The lowest BCUT2D eigenvalue weighted by molar-refractivity contribution is 0.631. The Balaban J connectivity index is 1.12. The van der Waals surface area contributed by atoms with Gasteiger partial charge in [0.05, 0.1) is 0 Å². The summed E-state index contributed by atoms with van der Waals surface area (Å²) < 4.78 is 15.0. The summed E-state index contributed by atoms with van der Waals surface area (Å²) in [6, 6.07) is 62.1. The van der Waals surface area contributed by atoms with Gasteiger partial charge in [0.15, 0.2) is 0 Å². The van der Waals surface area contributed by atoms with Crippen LogP contribution in [0.25, 0.3) is 152 Å². The van der Waals surface area contributed by atoms with Crippen LogP contribution < -0.4 is 0 Å². The zero-order valence-electron chi connectivity index (χ0n) is 32.5. The molecular formula is C59H31F. The van der Waals surface area contributed by atoms with E-state index in [2.05, 4.69) is 153 Å². The minimum atomic E-state index is -0.195. The fourth-order valence-electron chi connectivity index (χ4n) is 12.1. The Hall–Kier alpha value is -7.61. The molecule has 0 fully saturated rings. The second-order valence-electron chi connectivity index (χ2n) is 17.1. The van der Waals surface area contributed by atoms with Crippen molar-refractivity contribution in [2.45, 2.75) is 6.92 Å². The SMILES string of the molecule is Cc1ccccc1-c1c2cc3ccccc3c3c4ccccc4c(c4c5ccc6c7ccc8c9c(ccc(c%10ccc(c14)c5c%106)c97)-c1ccc(-c4ccccc4F)cc1-8)c23. The molecule has 1 aliphatic rings. The van der Waals surface area contributed by atoms with Crippen molar-refractivity contribution in [2.24, 2.45) is 0 Å². The largest absolute Gasteiger partial charge is 0.206 e. The average molecular weight is 759 g/mol. The maximum Gasteiger partial charge on any atom is 0.131 e. The van der Waals surface area contributed by atoms with Crippen molar-refractivity contribution in [3.63, 3.8) is 0 Å². The molecule has 15 rings (SSSR count). The molecule has 0 bridgehead atoms. The Morgan fingerprint density at radius 3 is 1.52 bits per heavy atom. The van der Waals surface area contributed by atoms with Gasteiger partial charge in [0.1, 0.15) is 5.82 Å². The van der Waals surface area contributed by atoms with Gasteiger partial charge in [0.25, 0.3) is 0 Å². The lowest BCUT2D eigenvalue weighted by atomic mass is 9.86. The normalized spacial score (nSPS) is 12.8. The van der Waals surface area contributed by atoms with E-state index >= 15 is 4.39 Å². The first-order valence-corrected chi connectivity index (χ1v) is 21.0. The highest BCUT2D eigenvalue weighted by Gasteiger charge is 2.30. The lowest BCUT2D eigenvalue weighted by Crippen LogP contribution is -1.89. The van der Waals surface area contributed by atoms with E-state index in [-0.39, 0.29) is 5.82 Å². The summed E-state index contributed by atoms with van der Waals surface area (Å²) in [6.07, 6.45) is 0. The first-order valence-electron chi connectivity index (χ1n) is 21.0. The second kappa shape index (κ2) is 10.7. The Kier molecular flexibility index (Phi) is 5.60. The van der Waals surface area contributed by atoms with Gasteiger partial charge in [-0.25, -0.2) is 4.39 Å². The fourth-order valence-corrected chi connectivity index (χ4v) is 12.1. The van der Waals surface area contributed by atoms with Crippen LogP contribution in [0.4, 0.5) is 4.39 Å². The fraction of sp³-hybridized carbons (Fsp3) is 0.0169. The summed E-state index contributed by atoms with van der Waals surface area (Å²) in [5, 5.41) is 26.5. The summed E-state index contributed by atoms with van der Waals surface area (Å²) in [5.41, 5.74) is 10.3. The minimum absolute atomic E-state index is 0.195. The van der Waals surface area contributed by atoms with Gasteiger partial charge in [-0.1, -0.05) is 152 Å². The van der Waals surface area contributed by atoms with Crippen LogP contribution in [0.15, 0.2) is 170 Å². The van der Waals surface area contributed by atoms with E-state index in [9.17, 15) is 0 Å². The van der Waals surface area contributed by atoms with Crippen LogP contribution in [0.5, 0.6) is 0 Å². The first-order chi connectivity index (χ1) is 29.6. The number of hydrogen-bond acceptors (Lipinski definition) is 0. The summed E-state index contributed by atoms with van der Waals surface area (Å²) in [5.74, 6) is -0.195. The molecule has 0 unspecified atom stereocenters. The summed E-state index contributed by atoms with van der Waals surface area (Å²) in [6.45, 7) is 2.26. The van der Waals surface area contributed by atoms with Gasteiger partial charge in [0.2, 0.25) is 0 Å². The van der Waals surface area contributed by atoms with Crippen molar-refractivity contribution >= 4 is 108 Å². The van der Waals surface area contributed by atoms with E-state index in [0.717, 1.165) is 5.56 Å². The number of rotatable bonds is 2. The van der Waals surface area contributed by atoms with Crippen molar-refractivity contribution < 1.29 is 4.39 Å². The van der Waals surface area contributed by atoms with Crippen LogP contribution in [0.2, 0.25) is 0 Å². The molecular weight excluding hydrogens is 728 g/mol. The number of benzene rings is 12. The summed E-state index contributed by atoms with van der Waals surface area (Å²) in [4.78, 5) is 0. The number of fused-ring (bicyclic) bond motifs is 14. The van der Waals surface area contributed by atoms with Crippen LogP contribution in [0, 0.1) is 12.7 Å².